The molecule has 0 saturated carbocycles. The first-order valence-corrected chi connectivity index (χ1v) is 10.6. The van der Waals surface area contributed by atoms with E-state index in [0.717, 1.165) is 44.1 Å². The van der Waals surface area contributed by atoms with Crippen molar-refractivity contribution in [3.05, 3.63) is 54.6 Å². The summed E-state index contributed by atoms with van der Waals surface area (Å²) in [6, 6.07) is 17.1. The van der Waals surface area contributed by atoms with Crippen molar-refractivity contribution in [2.75, 3.05) is 47.9 Å². The number of amides is 2. The molecule has 2 aromatic carbocycles. The van der Waals surface area contributed by atoms with Gasteiger partial charge < -0.3 is 15.1 Å². The zero-order chi connectivity index (χ0) is 20.9. The number of benzene rings is 2. The number of hydrazone groups is 1. The fourth-order valence-corrected chi connectivity index (χ4v) is 3.95. The lowest BCUT2D eigenvalue weighted by molar-refractivity contribution is -0.898. The number of hydrogen-bond acceptors (Lipinski definition) is 4. The second-order valence-electron chi connectivity index (χ2n) is 7.65. The molecule has 2 amide bonds. The van der Waals surface area contributed by atoms with Crippen LogP contribution in [0.25, 0.3) is 0 Å². The highest BCUT2D eigenvalue weighted by Crippen LogP contribution is 2.26. The molecule has 0 spiro atoms. The van der Waals surface area contributed by atoms with Crippen LogP contribution in [0.4, 0.5) is 17.1 Å². The van der Waals surface area contributed by atoms with Crippen LogP contribution in [0.2, 0.25) is 0 Å². The molecule has 2 N–H and O–H groups in total. The van der Waals surface area contributed by atoms with E-state index in [0.29, 0.717) is 17.8 Å². The molecule has 0 aromatic heterocycles. The summed E-state index contributed by atoms with van der Waals surface area (Å²) in [5, 5.41) is 8.73. The average molecular weight is 407 g/mol. The Morgan fingerprint density at radius 3 is 2.47 bits per heavy atom. The number of nitrogens with one attached hydrogen (secondary N) is 2. The number of quaternary nitrogens is 1. The minimum absolute atomic E-state index is 0.102. The van der Waals surface area contributed by atoms with E-state index in [1.807, 2.05) is 48.5 Å². The van der Waals surface area contributed by atoms with Gasteiger partial charge in [-0.3, -0.25) is 9.59 Å². The Balaban J connectivity index is 1.51. The van der Waals surface area contributed by atoms with Crippen LogP contribution < -0.4 is 20.1 Å². The fourth-order valence-electron chi connectivity index (χ4n) is 3.95. The van der Waals surface area contributed by atoms with Crippen LogP contribution >= 0.6 is 0 Å². The Bertz CT molecular complexity index is 936. The number of para-hydroxylation sites is 3. The number of carbonyl (C=O) groups is 2. The first-order valence-electron chi connectivity index (χ1n) is 10.6. The topological polar surface area (TPSA) is 69.5 Å². The molecule has 0 atom stereocenters. The summed E-state index contributed by atoms with van der Waals surface area (Å²) in [5.41, 5.74) is 2.86. The predicted octanol–water partition coefficient (Wildman–Crippen LogP) is 1.53. The quantitative estimate of drug-likeness (QED) is 0.791. The van der Waals surface area contributed by atoms with E-state index in [2.05, 4.69) is 28.3 Å². The molecule has 1 fully saturated rings. The summed E-state index contributed by atoms with van der Waals surface area (Å²) in [6.45, 7) is 7.48. The second-order valence-corrected chi connectivity index (χ2v) is 7.65. The van der Waals surface area contributed by atoms with Gasteiger partial charge in [0.25, 0.3) is 5.91 Å². The van der Waals surface area contributed by atoms with Crippen LogP contribution in [0.5, 0.6) is 0 Å². The summed E-state index contributed by atoms with van der Waals surface area (Å²) in [5.74, 6) is -0.358. The monoisotopic (exact) mass is 406 g/mol. The van der Waals surface area contributed by atoms with E-state index in [1.165, 1.54) is 5.01 Å². The molecule has 2 aliphatic rings. The largest absolute Gasteiger partial charge is 0.359 e. The zero-order valence-electron chi connectivity index (χ0n) is 17.3. The molecule has 0 unspecified atom stereocenters. The number of rotatable bonds is 5. The van der Waals surface area contributed by atoms with Gasteiger partial charge in [-0.25, -0.2) is 5.01 Å². The molecule has 4 rings (SSSR count). The van der Waals surface area contributed by atoms with Gasteiger partial charge in [0.2, 0.25) is 5.91 Å². The number of piperazine rings is 1. The average Bonchev–Trinajstić information content (AvgIpc) is 2.80. The van der Waals surface area contributed by atoms with Gasteiger partial charge in [0.1, 0.15) is 5.71 Å². The smallest absolute Gasteiger partial charge is 0.271 e. The van der Waals surface area contributed by atoms with Crippen molar-refractivity contribution in [3.63, 3.8) is 0 Å². The van der Waals surface area contributed by atoms with Gasteiger partial charge >= 0.3 is 0 Å². The molecule has 7 heteroatoms. The summed E-state index contributed by atoms with van der Waals surface area (Å²) >= 11 is 0. The highest BCUT2D eigenvalue weighted by Gasteiger charge is 2.27. The van der Waals surface area contributed by atoms with Crippen LogP contribution in [-0.4, -0.2) is 50.2 Å². The van der Waals surface area contributed by atoms with Gasteiger partial charge in [-0.2, -0.15) is 5.10 Å². The van der Waals surface area contributed by atoms with Gasteiger partial charge in [-0.05, 0) is 31.2 Å². The van der Waals surface area contributed by atoms with Gasteiger partial charge in [-0.15, -0.1) is 0 Å². The van der Waals surface area contributed by atoms with Crippen molar-refractivity contribution in [2.45, 2.75) is 19.8 Å². The number of likely N-dealkylation sites (N-methyl/N-ethyl adjacent to an activating group) is 1. The Morgan fingerprint density at radius 2 is 1.73 bits per heavy atom. The third kappa shape index (κ3) is 4.36. The predicted molar refractivity (Wildman–Crippen MR) is 119 cm³/mol. The molecule has 0 bridgehead atoms. The first-order chi connectivity index (χ1) is 14.7. The highest BCUT2D eigenvalue weighted by atomic mass is 16.2. The maximum absolute atomic E-state index is 13.0. The summed E-state index contributed by atoms with van der Waals surface area (Å²) in [6.07, 6.45) is 0.610. The zero-order valence-corrected chi connectivity index (χ0v) is 17.3. The summed E-state index contributed by atoms with van der Waals surface area (Å²) in [7, 11) is 0. The van der Waals surface area contributed by atoms with E-state index in [9.17, 15) is 9.59 Å². The number of carbonyl (C=O) groups excluding carboxylic acids is 2. The van der Waals surface area contributed by atoms with Crippen molar-refractivity contribution in [2.24, 2.45) is 5.10 Å². The first kappa shape index (κ1) is 20.1. The highest BCUT2D eigenvalue weighted by molar-refractivity contribution is 6.44. The lowest BCUT2D eigenvalue weighted by Gasteiger charge is -2.34. The molecule has 2 aromatic rings. The number of nitrogens with zero attached hydrogens (tertiary/aromatic N) is 3. The van der Waals surface area contributed by atoms with Crippen molar-refractivity contribution in [1.29, 1.82) is 0 Å². The molecule has 1 saturated heterocycles. The molecule has 2 aliphatic heterocycles. The number of hydrogen-bond donors (Lipinski definition) is 2. The van der Waals surface area contributed by atoms with Crippen molar-refractivity contribution < 1.29 is 14.5 Å². The van der Waals surface area contributed by atoms with Crippen LogP contribution in [-0.2, 0) is 9.59 Å². The molecule has 30 heavy (non-hydrogen) atoms. The van der Waals surface area contributed by atoms with Crippen LogP contribution in [0.1, 0.15) is 19.8 Å². The molecule has 0 aliphatic carbocycles. The molecule has 156 valence electrons. The van der Waals surface area contributed by atoms with E-state index in [1.54, 1.807) is 4.90 Å². The summed E-state index contributed by atoms with van der Waals surface area (Å²) in [4.78, 5) is 29.2. The minimum atomic E-state index is -0.256. The molecule has 0 radical (unpaired) electrons. The van der Waals surface area contributed by atoms with Crippen molar-refractivity contribution >= 4 is 34.6 Å². The normalized spacial score (nSPS) is 17.6. The van der Waals surface area contributed by atoms with Crippen molar-refractivity contribution in [3.8, 4) is 0 Å². The molecular formula is C23H28N5O2+. The van der Waals surface area contributed by atoms with Crippen LogP contribution in [0, 0.1) is 0 Å². The Hall–Kier alpha value is -3.19. The molecule has 7 nitrogen and oxygen atoms in total. The standard InChI is InChI=1S/C23H27N5O2/c1-2-26-14-16-27(17-15-26)21-11-7-6-10-19(21)24-23(30)20-12-13-22(29)28(25-20)18-8-4-3-5-9-18/h3-11H,2,12-17H2,1H3,(H,24,30)/p+1. The third-order valence-electron chi connectivity index (χ3n) is 5.76. The molecule has 2 heterocycles. The maximum Gasteiger partial charge on any atom is 0.271 e. The second kappa shape index (κ2) is 9.09. The van der Waals surface area contributed by atoms with Gasteiger partial charge in [0, 0.05) is 12.8 Å². The van der Waals surface area contributed by atoms with E-state index >= 15 is 0 Å². The van der Waals surface area contributed by atoms with Crippen molar-refractivity contribution in [1.82, 2.24) is 0 Å². The Kier molecular flexibility index (Phi) is 6.09. The van der Waals surface area contributed by atoms with E-state index in [-0.39, 0.29) is 18.2 Å². The van der Waals surface area contributed by atoms with E-state index < -0.39 is 0 Å². The van der Waals surface area contributed by atoms with E-state index in [4.69, 9.17) is 0 Å². The Labute approximate surface area is 177 Å². The Morgan fingerprint density at radius 1 is 1.03 bits per heavy atom. The lowest BCUT2D eigenvalue weighted by atomic mass is 10.1. The van der Waals surface area contributed by atoms with Gasteiger partial charge in [0.15, 0.2) is 0 Å². The number of anilines is 3. The third-order valence-corrected chi connectivity index (χ3v) is 5.76. The van der Waals surface area contributed by atoms with Crippen LogP contribution in [0.15, 0.2) is 59.7 Å². The fraction of sp³-hybridized carbons (Fsp3) is 0.348. The maximum atomic E-state index is 13.0. The van der Waals surface area contributed by atoms with Gasteiger partial charge in [-0.1, -0.05) is 30.3 Å². The van der Waals surface area contributed by atoms with Crippen LogP contribution in [0.3, 0.4) is 0 Å². The van der Waals surface area contributed by atoms with Gasteiger partial charge in [0.05, 0.1) is 49.8 Å². The lowest BCUT2D eigenvalue weighted by Crippen LogP contribution is -3.14. The SMILES string of the molecule is CC[NH+]1CCN(c2ccccc2NC(=O)C2=NN(c3ccccc3)C(=O)CC2)CC1. The minimum Gasteiger partial charge on any atom is -0.359 e. The summed E-state index contributed by atoms with van der Waals surface area (Å²) < 4.78 is 0. The molecular weight excluding hydrogens is 378 g/mol.